The molecular weight excluding hydrogens is 444 g/mol. The zero-order valence-corrected chi connectivity index (χ0v) is 19.5. The molecule has 1 amide bonds. The van der Waals surface area contributed by atoms with Crippen LogP contribution in [0.25, 0.3) is 16.6 Å². The van der Waals surface area contributed by atoms with Crippen LogP contribution in [-0.4, -0.2) is 45.6 Å². The fourth-order valence-corrected chi connectivity index (χ4v) is 3.69. The highest BCUT2D eigenvalue weighted by Gasteiger charge is 2.14. The van der Waals surface area contributed by atoms with E-state index >= 15 is 0 Å². The van der Waals surface area contributed by atoms with Crippen LogP contribution in [0.1, 0.15) is 19.5 Å². The maximum atomic E-state index is 11.9. The molecule has 0 aliphatic carbocycles. The largest absolute Gasteiger partial charge is 0.493 e. The number of aromatic nitrogens is 4. The van der Waals surface area contributed by atoms with Crippen molar-refractivity contribution in [1.82, 2.24) is 25.3 Å². The molecule has 2 aromatic carbocycles. The summed E-state index contributed by atoms with van der Waals surface area (Å²) in [5.41, 5.74) is 3.29. The summed E-state index contributed by atoms with van der Waals surface area (Å²) >= 11 is 6.52. The van der Waals surface area contributed by atoms with Gasteiger partial charge < -0.3 is 20.1 Å². The van der Waals surface area contributed by atoms with Crippen LogP contribution in [0.3, 0.4) is 0 Å². The van der Waals surface area contributed by atoms with E-state index in [4.69, 9.17) is 21.1 Å². The first-order valence-corrected chi connectivity index (χ1v) is 10.8. The van der Waals surface area contributed by atoms with E-state index in [0.717, 1.165) is 28.0 Å². The number of H-pyrrole nitrogens is 1. The van der Waals surface area contributed by atoms with Crippen molar-refractivity contribution in [3.8, 4) is 17.2 Å². The minimum absolute atomic E-state index is 0.0486. The van der Waals surface area contributed by atoms with Gasteiger partial charge in [0.1, 0.15) is 0 Å². The monoisotopic (exact) mass is 468 g/mol. The van der Waals surface area contributed by atoms with E-state index in [1.165, 1.54) is 0 Å². The van der Waals surface area contributed by atoms with Crippen molar-refractivity contribution in [1.29, 1.82) is 0 Å². The summed E-state index contributed by atoms with van der Waals surface area (Å²) in [5, 5.41) is 19.0. The number of hydrogen-bond acceptors (Lipinski definition) is 6. The van der Waals surface area contributed by atoms with Crippen molar-refractivity contribution in [2.45, 2.75) is 26.8 Å². The number of benzene rings is 2. The summed E-state index contributed by atoms with van der Waals surface area (Å²) in [6.07, 6.45) is 1.69. The normalized spacial score (nSPS) is 11.1. The van der Waals surface area contributed by atoms with Gasteiger partial charge in [-0.05, 0) is 45.0 Å². The van der Waals surface area contributed by atoms with Crippen LogP contribution in [0.4, 0.5) is 11.5 Å². The predicted molar refractivity (Wildman–Crippen MR) is 128 cm³/mol. The molecule has 0 atom stereocenters. The van der Waals surface area contributed by atoms with Crippen LogP contribution in [0.2, 0.25) is 5.02 Å². The minimum atomic E-state index is -0.193. The number of carbonyl (C=O) groups excluding carboxylic acids is 1. The highest BCUT2D eigenvalue weighted by molar-refractivity contribution is 6.38. The van der Waals surface area contributed by atoms with E-state index in [0.29, 0.717) is 22.3 Å². The number of aromatic amines is 1. The number of fused-ring (bicyclic) bond motifs is 1. The molecule has 0 saturated heterocycles. The molecule has 0 bridgehead atoms. The number of aryl methyl sites for hydroxylation is 1. The molecule has 4 aromatic rings. The predicted octanol–water partition coefficient (Wildman–Crippen LogP) is 4.37. The van der Waals surface area contributed by atoms with Crippen molar-refractivity contribution >= 4 is 39.9 Å². The lowest BCUT2D eigenvalue weighted by Gasteiger charge is -2.14. The second kappa shape index (κ2) is 9.41. The fraction of sp³-hybridized carbons (Fsp3) is 0.261. The van der Waals surface area contributed by atoms with E-state index in [1.807, 2.05) is 51.1 Å². The van der Waals surface area contributed by atoms with Gasteiger partial charge in [-0.25, -0.2) is 4.68 Å². The van der Waals surface area contributed by atoms with Gasteiger partial charge >= 0.3 is 0 Å². The number of methoxy groups -OCH3 is 1. The molecule has 2 heterocycles. The number of anilines is 2. The van der Waals surface area contributed by atoms with Crippen LogP contribution < -0.4 is 20.1 Å². The molecule has 2 aromatic heterocycles. The Hall–Kier alpha value is -3.72. The third kappa shape index (κ3) is 4.88. The summed E-state index contributed by atoms with van der Waals surface area (Å²) in [6.45, 7) is 5.65. The zero-order chi connectivity index (χ0) is 23.5. The third-order valence-corrected chi connectivity index (χ3v) is 5.32. The summed E-state index contributed by atoms with van der Waals surface area (Å²) in [7, 11) is 1.55. The van der Waals surface area contributed by atoms with Gasteiger partial charge in [-0.2, -0.15) is 5.10 Å². The fourth-order valence-electron chi connectivity index (χ4n) is 3.43. The van der Waals surface area contributed by atoms with Crippen LogP contribution in [0, 0.1) is 6.92 Å². The van der Waals surface area contributed by atoms with Crippen molar-refractivity contribution in [3.05, 3.63) is 53.3 Å². The molecule has 0 radical (unpaired) electrons. The zero-order valence-electron chi connectivity index (χ0n) is 18.8. The summed E-state index contributed by atoms with van der Waals surface area (Å²) < 4.78 is 12.9. The van der Waals surface area contributed by atoms with Crippen molar-refractivity contribution in [2.24, 2.45) is 0 Å². The molecule has 0 unspecified atom stereocenters. The van der Waals surface area contributed by atoms with Crippen LogP contribution >= 0.6 is 11.6 Å². The average Bonchev–Trinajstić information content (AvgIpc) is 3.40. The standard InChI is InChI=1S/C23H25ClN6O3/c1-13(2)26-22(31)12-33-19-8-5-15(10-20(19)32-4)30-14(3)9-21(29-30)27-18-7-6-17-16(23(18)24)11-25-28-17/h5-11,13H,12H2,1-4H3,(H,25,28)(H,26,31)(H,27,29). The molecular formula is C23H25ClN6O3. The number of rotatable bonds is 8. The molecule has 0 fully saturated rings. The molecule has 3 N–H and O–H groups in total. The molecule has 10 heteroatoms. The Balaban J connectivity index is 1.54. The Labute approximate surface area is 196 Å². The van der Waals surface area contributed by atoms with E-state index in [9.17, 15) is 4.79 Å². The number of nitrogens with zero attached hydrogens (tertiary/aromatic N) is 3. The Morgan fingerprint density at radius 1 is 1.21 bits per heavy atom. The first kappa shape index (κ1) is 22.5. The number of halogens is 1. The number of amides is 1. The molecule has 0 aliphatic rings. The van der Waals surface area contributed by atoms with E-state index < -0.39 is 0 Å². The lowest BCUT2D eigenvalue weighted by atomic mass is 10.2. The van der Waals surface area contributed by atoms with E-state index in [-0.39, 0.29) is 18.6 Å². The summed E-state index contributed by atoms with van der Waals surface area (Å²) in [6, 6.07) is 11.2. The molecule has 0 aliphatic heterocycles. The smallest absolute Gasteiger partial charge is 0.258 e. The minimum Gasteiger partial charge on any atom is -0.493 e. The van der Waals surface area contributed by atoms with Gasteiger partial charge in [-0.3, -0.25) is 9.89 Å². The first-order chi connectivity index (χ1) is 15.9. The van der Waals surface area contributed by atoms with Gasteiger partial charge in [-0.1, -0.05) is 11.6 Å². The highest BCUT2D eigenvalue weighted by Crippen LogP contribution is 2.33. The van der Waals surface area contributed by atoms with Crippen molar-refractivity contribution < 1.29 is 14.3 Å². The SMILES string of the molecule is COc1cc(-n2nc(Nc3ccc4[nH]ncc4c3Cl)cc2C)ccc1OCC(=O)NC(C)C. The van der Waals surface area contributed by atoms with Crippen molar-refractivity contribution in [2.75, 3.05) is 19.0 Å². The lowest BCUT2D eigenvalue weighted by molar-refractivity contribution is -0.123. The summed E-state index contributed by atoms with van der Waals surface area (Å²) in [4.78, 5) is 11.9. The topological polar surface area (TPSA) is 106 Å². The quantitative estimate of drug-likeness (QED) is 0.354. The average molecular weight is 469 g/mol. The van der Waals surface area contributed by atoms with Crippen LogP contribution in [0.15, 0.2) is 42.6 Å². The summed E-state index contributed by atoms with van der Waals surface area (Å²) in [5.74, 6) is 1.43. The number of carbonyl (C=O) groups is 1. The molecule has 33 heavy (non-hydrogen) atoms. The number of ether oxygens (including phenoxy) is 2. The molecule has 172 valence electrons. The van der Waals surface area contributed by atoms with E-state index in [1.54, 1.807) is 24.1 Å². The Morgan fingerprint density at radius 3 is 2.79 bits per heavy atom. The van der Waals surface area contributed by atoms with Gasteiger partial charge in [0.25, 0.3) is 5.91 Å². The second-order valence-corrected chi connectivity index (χ2v) is 8.19. The number of nitrogens with one attached hydrogen (secondary N) is 3. The van der Waals surface area contributed by atoms with Gasteiger partial charge in [-0.15, -0.1) is 5.10 Å². The van der Waals surface area contributed by atoms with Crippen LogP contribution in [-0.2, 0) is 4.79 Å². The van der Waals surface area contributed by atoms with E-state index in [2.05, 4.69) is 25.9 Å². The van der Waals surface area contributed by atoms with Gasteiger partial charge in [0.2, 0.25) is 0 Å². The Kier molecular flexibility index (Phi) is 6.41. The van der Waals surface area contributed by atoms with Gasteiger partial charge in [0, 0.05) is 29.3 Å². The lowest BCUT2D eigenvalue weighted by Crippen LogP contribution is -2.34. The molecule has 4 rings (SSSR count). The maximum absolute atomic E-state index is 11.9. The molecule has 9 nitrogen and oxygen atoms in total. The molecule has 0 spiro atoms. The number of hydrogen-bond donors (Lipinski definition) is 3. The second-order valence-electron chi connectivity index (χ2n) is 7.81. The van der Waals surface area contributed by atoms with Gasteiger partial charge in [0.05, 0.1) is 35.2 Å². The first-order valence-electron chi connectivity index (χ1n) is 10.4. The maximum Gasteiger partial charge on any atom is 0.258 e. The van der Waals surface area contributed by atoms with Crippen molar-refractivity contribution in [3.63, 3.8) is 0 Å². The Morgan fingerprint density at radius 2 is 2.03 bits per heavy atom. The van der Waals surface area contributed by atoms with Crippen LogP contribution in [0.5, 0.6) is 11.5 Å². The third-order valence-electron chi connectivity index (χ3n) is 4.91. The van der Waals surface area contributed by atoms with Gasteiger partial charge in [0.15, 0.2) is 23.9 Å². The molecule has 0 saturated carbocycles. The Bertz CT molecular complexity index is 1300. The highest BCUT2D eigenvalue weighted by atomic mass is 35.5.